The molecule has 1 aromatic rings. The zero-order valence-corrected chi connectivity index (χ0v) is 16.9. The highest BCUT2D eigenvalue weighted by Gasteiger charge is 2.38. The lowest BCUT2D eigenvalue weighted by Crippen LogP contribution is -2.53. The van der Waals surface area contributed by atoms with Gasteiger partial charge in [0, 0.05) is 19.1 Å². The van der Waals surface area contributed by atoms with Crippen molar-refractivity contribution in [3.63, 3.8) is 0 Å². The molecule has 1 aromatic carbocycles. The first-order valence-electron chi connectivity index (χ1n) is 8.22. The van der Waals surface area contributed by atoms with Gasteiger partial charge < -0.3 is 15.2 Å². The van der Waals surface area contributed by atoms with E-state index >= 15 is 0 Å². The Kier molecular flexibility index (Phi) is 7.88. The predicted molar refractivity (Wildman–Crippen MR) is 101 cm³/mol. The van der Waals surface area contributed by atoms with Crippen LogP contribution in [0, 0.1) is 5.41 Å². The van der Waals surface area contributed by atoms with E-state index in [0.29, 0.717) is 25.3 Å². The van der Waals surface area contributed by atoms with Crippen LogP contribution < -0.4 is 10.5 Å². The molecule has 0 amide bonds. The molecule has 1 unspecified atom stereocenters. The SMILES string of the molecule is COC(=O)CCOc1ccc(S(=O)(=O)N2CCC(N)C(C)(C)C2)cc1.Cl. The maximum Gasteiger partial charge on any atom is 0.308 e. The van der Waals surface area contributed by atoms with Gasteiger partial charge in [0.25, 0.3) is 0 Å². The molecule has 0 radical (unpaired) electrons. The van der Waals surface area contributed by atoms with Crippen molar-refractivity contribution in [1.82, 2.24) is 4.31 Å². The summed E-state index contributed by atoms with van der Waals surface area (Å²) in [6.07, 6.45) is 0.778. The fourth-order valence-electron chi connectivity index (χ4n) is 2.74. The van der Waals surface area contributed by atoms with Crippen LogP contribution in [0.25, 0.3) is 0 Å². The summed E-state index contributed by atoms with van der Waals surface area (Å²) in [5.41, 5.74) is 5.82. The second-order valence-corrected chi connectivity index (χ2v) is 8.81. The molecule has 26 heavy (non-hydrogen) atoms. The lowest BCUT2D eigenvalue weighted by atomic mass is 9.81. The molecule has 7 nitrogen and oxygen atoms in total. The summed E-state index contributed by atoms with van der Waals surface area (Å²) in [5.74, 6) is 0.147. The number of sulfonamides is 1. The minimum atomic E-state index is -3.56. The average molecular weight is 407 g/mol. The zero-order chi connectivity index (χ0) is 18.7. The number of nitrogens with two attached hydrogens (primary N) is 1. The van der Waals surface area contributed by atoms with Crippen LogP contribution in [0.3, 0.4) is 0 Å². The standard InChI is InChI=1S/C17H26N2O5S.ClH/c1-17(2)12-19(10-8-15(17)18)25(21,22)14-6-4-13(5-7-14)24-11-9-16(20)23-3;/h4-7,15H,8-12,18H2,1-3H3;1H. The number of piperidine rings is 1. The monoisotopic (exact) mass is 406 g/mol. The third-order valence-electron chi connectivity index (χ3n) is 4.54. The number of ether oxygens (including phenoxy) is 2. The molecule has 2 rings (SSSR count). The van der Waals surface area contributed by atoms with E-state index in [1.807, 2.05) is 13.8 Å². The highest BCUT2D eigenvalue weighted by Crippen LogP contribution is 2.31. The van der Waals surface area contributed by atoms with Crippen molar-refractivity contribution in [2.45, 2.75) is 37.6 Å². The number of halogens is 1. The third-order valence-corrected chi connectivity index (χ3v) is 6.40. The number of methoxy groups -OCH3 is 1. The van der Waals surface area contributed by atoms with E-state index in [2.05, 4.69) is 4.74 Å². The smallest absolute Gasteiger partial charge is 0.308 e. The van der Waals surface area contributed by atoms with Crippen molar-refractivity contribution in [2.75, 3.05) is 26.8 Å². The molecule has 9 heteroatoms. The first-order valence-corrected chi connectivity index (χ1v) is 9.66. The molecule has 1 aliphatic rings. The summed E-state index contributed by atoms with van der Waals surface area (Å²) in [7, 11) is -2.25. The summed E-state index contributed by atoms with van der Waals surface area (Å²) in [5, 5.41) is 0. The molecular weight excluding hydrogens is 380 g/mol. The van der Waals surface area contributed by atoms with Crippen LogP contribution in [-0.4, -0.2) is 51.5 Å². The van der Waals surface area contributed by atoms with Crippen molar-refractivity contribution in [3.8, 4) is 5.75 Å². The summed E-state index contributed by atoms with van der Waals surface area (Å²) in [4.78, 5) is 11.3. The minimum absolute atomic E-state index is 0. The minimum Gasteiger partial charge on any atom is -0.493 e. The van der Waals surface area contributed by atoms with Crippen molar-refractivity contribution in [1.29, 1.82) is 0 Å². The molecule has 0 bridgehead atoms. The fourth-order valence-corrected chi connectivity index (χ4v) is 4.37. The van der Waals surface area contributed by atoms with Gasteiger partial charge in [-0.2, -0.15) is 4.31 Å². The molecule has 2 N–H and O–H groups in total. The van der Waals surface area contributed by atoms with Gasteiger partial charge in [-0.1, -0.05) is 13.8 Å². The Labute approximate surface area is 161 Å². The van der Waals surface area contributed by atoms with Crippen LogP contribution in [0.5, 0.6) is 5.75 Å². The molecule has 1 saturated heterocycles. The molecule has 0 aliphatic carbocycles. The second kappa shape index (κ2) is 9.03. The maximum atomic E-state index is 12.8. The molecule has 0 saturated carbocycles. The van der Waals surface area contributed by atoms with Gasteiger partial charge >= 0.3 is 5.97 Å². The van der Waals surface area contributed by atoms with E-state index in [9.17, 15) is 13.2 Å². The van der Waals surface area contributed by atoms with Crippen molar-refractivity contribution in [3.05, 3.63) is 24.3 Å². The number of hydrogen-bond acceptors (Lipinski definition) is 6. The van der Waals surface area contributed by atoms with Crippen LogP contribution in [0.15, 0.2) is 29.2 Å². The van der Waals surface area contributed by atoms with Crippen molar-refractivity contribution < 1.29 is 22.7 Å². The number of hydrogen-bond donors (Lipinski definition) is 1. The second-order valence-electron chi connectivity index (χ2n) is 6.87. The molecule has 1 aliphatic heterocycles. The Bertz CT molecular complexity index is 706. The number of carbonyl (C=O) groups excluding carboxylic acids is 1. The Morgan fingerprint density at radius 1 is 1.31 bits per heavy atom. The van der Waals surface area contributed by atoms with Crippen LogP contribution in [0.1, 0.15) is 26.7 Å². The van der Waals surface area contributed by atoms with Gasteiger partial charge in [0.05, 0.1) is 25.0 Å². The van der Waals surface area contributed by atoms with Crippen molar-refractivity contribution >= 4 is 28.4 Å². The Morgan fingerprint density at radius 2 is 1.92 bits per heavy atom. The Morgan fingerprint density at radius 3 is 2.46 bits per heavy atom. The Balaban J connectivity index is 0.00000338. The highest BCUT2D eigenvalue weighted by molar-refractivity contribution is 7.89. The first-order chi connectivity index (χ1) is 11.7. The lowest BCUT2D eigenvalue weighted by Gasteiger charge is -2.41. The molecule has 0 spiro atoms. The average Bonchev–Trinajstić information content (AvgIpc) is 2.57. The quantitative estimate of drug-likeness (QED) is 0.723. The molecular formula is C17H27ClN2O5S. The molecule has 148 valence electrons. The number of rotatable bonds is 6. The van der Waals surface area contributed by atoms with Crippen molar-refractivity contribution in [2.24, 2.45) is 11.1 Å². The van der Waals surface area contributed by atoms with Gasteiger partial charge in [-0.05, 0) is 36.1 Å². The Hall–Kier alpha value is -1.35. The van der Waals surface area contributed by atoms with E-state index in [0.717, 1.165) is 0 Å². The van der Waals surface area contributed by atoms with Crippen LogP contribution in [-0.2, 0) is 19.6 Å². The number of carbonyl (C=O) groups is 1. The van der Waals surface area contributed by atoms with E-state index in [1.54, 1.807) is 12.1 Å². The zero-order valence-electron chi connectivity index (χ0n) is 15.3. The summed E-state index contributed by atoms with van der Waals surface area (Å²) < 4.78 is 37.1. The van der Waals surface area contributed by atoms with Crippen LogP contribution in [0.2, 0.25) is 0 Å². The molecule has 1 atom stereocenters. The summed E-state index contributed by atoms with van der Waals surface area (Å²) in [6.45, 7) is 4.96. The van der Waals surface area contributed by atoms with E-state index in [1.165, 1.54) is 23.5 Å². The number of esters is 1. The largest absolute Gasteiger partial charge is 0.493 e. The van der Waals surface area contributed by atoms with Gasteiger partial charge in [-0.25, -0.2) is 8.42 Å². The lowest BCUT2D eigenvalue weighted by molar-refractivity contribution is -0.141. The third kappa shape index (κ3) is 5.33. The topological polar surface area (TPSA) is 98.9 Å². The summed E-state index contributed by atoms with van der Waals surface area (Å²) in [6, 6.07) is 6.20. The molecule has 0 aromatic heterocycles. The van der Waals surface area contributed by atoms with Gasteiger partial charge in [0.15, 0.2) is 0 Å². The highest BCUT2D eigenvalue weighted by atomic mass is 35.5. The summed E-state index contributed by atoms with van der Waals surface area (Å²) >= 11 is 0. The number of nitrogens with zero attached hydrogens (tertiary/aromatic N) is 1. The first kappa shape index (κ1) is 22.7. The number of benzene rings is 1. The van der Waals surface area contributed by atoms with Gasteiger partial charge in [-0.3, -0.25) is 4.79 Å². The van der Waals surface area contributed by atoms with E-state index < -0.39 is 10.0 Å². The van der Waals surface area contributed by atoms with Gasteiger partial charge in [-0.15, -0.1) is 12.4 Å². The van der Waals surface area contributed by atoms with Gasteiger partial charge in [0.1, 0.15) is 5.75 Å². The van der Waals surface area contributed by atoms with E-state index in [4.69, 9.17) is 10.5 Å². The fraction of sp³-hybridized carbons (Fsp3) is 0.588. The normalized spacial score (nSPS) is 20.1. The van der Waals surface area contributed by atoms with E-state index in [-0.39, 0.29) is 47.8 Å². The maximum absolute atomic E-state index is 12.8. The predicted octanol–water partition coefficient (Wildman–Crippen LogP) is 1.80. The molecule has 1 heterocycles. The van der Waals surface area contributed by atoms with Crippen LogP contribution in [0.4, 0.5) is 0 Å². The molecule has 1 fully saturated rings. The van der Waals surface area contributed by atoms with Crippen LogP contribution >= 0.6 is 12.4 Å². The van der Waals surface area contributed by atoms with Gasteiger partial charge in [0.2, 0.25) is 10.0 Å².